The first-order valence-corrected chi connectivity index (χ1v) is 11.2. The summed E-state index contributed by atoms with van der Waals surface area (Å²) in [5.74, 6) is 0. The summed E-state index contributed by atoms with van der Waals surface area (Å²) in [5, 5.41) is 12.5. The van der Waals surface area contributed by atoms with Gasteiger partial charge in [0.1, 0.15) is 0 Å². The molecule has 4 heteroatoms. The summed E-state index contributed by atoms with van der Waals surface area (Å²) in [6.45, 7) is 22.9. The minimum Gasteiger partial charge on any atom is -0.662 e. The Hall–Kier alpha value is -0.706. The largest absolute Gasteiger partial charge is 4.00 e. The van der Waals surface area contributed by atoms with Gasteiger partial charge in [-0.2, -0.15) is 25.7 Å². The van der Waals surface area contributed by atoms with Crippen LogP contribution in [0, 0.1) is 6.08 Å². The molecule has 3 nitrogen and oxygen atoms in total. The zero-order chi connectivity index (χ0) is 22.3. The molecule has 0 spiro atoms. The predicted molar refractivity (Wildman–Crippen MR) is 136 cm³/mol. The van der Waals surface area contributed by atoms with Gasteiger partial charge in [-0.25, -0.2) is 12.2 Å². The van der Waals surface area contributed by atoms with E-state index in [4.69, 9.17) is 0 Å². The number of allylic oxidation sites excluding steroid dienone is 7. The van der Waals surface area contributed by atoms with Gasteiger partial charge in [0.15, 0.2) is 0 Å². The topological polar surface area (TPSA) is 42.3 Å². The second-order valence-electron chi connectivity index (χ2n) is 6.09. The van der Waals surface area contributed by atoms with Gasteiger partial charge in [0.25, 0.3) is 0 Å². The third-order valence-corrected chi connectivity index (χ3v) is 3.43. The van der Waals surface area contributed by atoms with Gasteiger partial charge in [-0.15, -0.1) is 45.8 Å². The smallest absolute Gasteiger partial charge is 0.662 e. The summed E-state index contributed by atoms with van der Waals surface area (Å²) in [6.07, 6.45) is 22.6. The van der Waals surface area contributed by atoms with Crippen LogP contribution in [0.3, 0.4) is 0 Å². The van der Waals surface area contributed by atoms with Crippen LogP contribution in [0.1, 0.15) is 65.7 Å². The van der Waals surface area contributed by atoms with Gasteiger partial charge < -0.3 is 16.0 Å². The van der Waals surface area contributed by atoms with Crippen LogP contribution >= 0.6 is 0 Å². The quantitative estimate of drug-likeness (QED) is 0.104. The van der Waals surface area contributed by atoms with E-state index in [1.165, 1.54) is 0 Å². The molecule has 0 amide bonds. The van der Waals surface area contributed by atoms with E-state index in [0.717, 1.165) is 84.2 Å². The maximum atomic E-state index is 4.16. The standard InChI is InChI=1S/3C7H14N.C5H5.Ti/c3*1-3-5-6-7-8-4-2;1-2-4-5-3-1;/h3*3H,1,4-7H2,2H3;1-3H,4H2;/q4*-1;+4. The van der Waals surface area contributed by atoms with Crippen molar-refractivity contribution in [1.29, 1.82) is 0 Å². The summed E-state index contributed by atoms with van der Waals surface area (Å²) < 4.78 is 0. The van der Waals surface area contributed by atoms with E-state index in [1.54, 1.807) is 0 Å². The van der Waals surface area contributed by atoms with Crippen molar-refractivity contribution >= 4 is 0 Å². The average Bonchev–Trinajstić information content (AvgIpc) is 3.33. The summed E-state index contributed by atoms with van der Waals surface area (Å²) >= 11 is 0. The molecule has 1 aliphatic rings. The van der Waals surface area contributed by atoms with E-state index >= 15 is 0 Å². The number of hydrogen-bond acceptors (Lipinski definition) is 0. The number of hydrogen-bond donors (Lipinski definition) is 0. The van der Waals surface area contributed by atoms with Crippen LogP contribution in [0.15, 0.2) is 56.2 Å². The van der Waals surface area contributed by atoms with Crippen molar-refractivity contribution in [2.45, 2.75) is 65.7 Å². The molecule has 170 valence electrons. The normalized spacial score (nSPS) is 10.2. The predicted octanol–water partition coefficient (Wildman–Crippen LogP) is 8.34. The number of nitrogens with zero attached hydrogens (tertiary/aromatic N) is 3. The molecular formula is C26H47N3Ti. The van der Waals surface area contributed by atoms with Crippen LogP contribution < -0.4 is 0 Å². The summed E-state index contributed by atoms with van der Waals surface area (Å²) in [5.41, 5.74) is 0. The van der Waals surface area contributed by atoms with Gasteiger partial charge in [-0.3, -0.25) is 6.08 Å². The summed E-state index contributed by atoms with van der Waals surface area (Å²) in [7, 11) is 0. The Morgan fingerprint density at radius 2 is 1.10 bits per heavy atom. The molecule has 0 fully saturated rings. The second kappa shape index (κ2) is 42.4. The molecule has 0 bridgehead atoms. The monoisotopic (exact) mass is 449 g/mol. The third-order valence-electron chi connectivity index (χ3n) is 3.43. The molecule has 1 rings (SSSR count). The van der Waals surface area contributed by atoms with Crippen molar-refractivity contribution in [3.8, 4) is 0 Å². The molecule has 0 aromatic rings. The molecule has 0 saturated carbocycles. The second-order valence-corrected chi connectivity index (χ2v) is 6.09. The molecule has 0 aromatic carbocycles. The molecular weight excluding hydrogens is 402 g/mol. The van der Waals surface area contributed by atoms with E-state index in [-0.39, 0.29) is 21.7 Å². The van der Waals surface area contributed by atoms with Gasteiger partial charge in [-0.1, -0.05) is 58.3 Å². The molecule has 0 unspecified atom stereocenters. The van der Waals surface area contributed by atoms with Gasteiger partial charge in [0, 0.05) is 0 Å². The van der Waals surface area contributed by atoms with Crippen LogP contribution in [-0.2, 0) is 21.7 Å². The molecule has 0 aromatic heterocycles. The van der Waals surface area contributed by atoms with E-state index in [9.17, 15) is 0 Å². The maximum absolute atomic E-state index is 4.16. The summed E-state index contributed by atoms with van der Waals surface area (Å²) in [6, 6.07) is 0. The molecule has 30 heavy (non-hydrogen) atoms. The Morgan fingerprint density at radius 1 is 0.733 bits per heavy atom. The third kappa shape index (κ3) is 50.7. The van der Waals surface area contributed by atoms with Crippen LogP contribution in [0.4, 0.5) is 0 Å². The number of rotatable bonds is 15. The average molecular weight is 450 g/mol. The fourth-order valence-corrected chi connectivity index (χ4v) is 1.86. The van der Waals surface area contributed by atoms with Crippen LogP contribution in [0.25, 0.3) is 16.0 Å². The van der Waals surface area contributed by atoms with Crippen molar-refractivity contribution in [2.75, 3.05) is 39.3 Å². The Balaban J connectivity index is -0.000000150. The van der Waals surface area contributed by atoms with Crippen LogP contribution in [-0.4, -0.2) is 39.3 Å². The first kappa shape index (κ1) is 36.7. The van der Waals surface area contributed by atoms with Crippen molar-refractivity contribution in [2.24, 2.45) is 0 Å². The molecule has 0 heterocycles. The number of unbranched alkanes of at least 4 members (excludes halogenated alkanes) is 3. The molecule has 0 N–H and O–H groups in total. The van der Waals surface area contributed by atoms with Gasteiger partial charge >= 0.3 is 21.7 Å². The molecule has 0 radical (unpaired) electrons. The van der Waals surface area contributed by atoms with E-state index in [0.29, 0.717) is 0 Å². The Bertz CT molecular complexity index is 317. The van der Waals surface area contributed by atoms with Crippen molar-refractivity contribution < 1.29 is 21.7 Å². The fraction of sp³-hybridized carbons (Fsp3) is 0.615. The summed E-state index contributed by atoms with van der Waals surface area (Å²) in [4.78, 5) is 0. The minimum absolute atomic E-state index is 0. The van der Waals surface area contributed by atoms with Gasteiger partial charge in [-0.05, 0) is 19.3 Å². The van der Waals surface area contributed by atoms with Gasteiger partial charge in [0.05, 0.1) is 0 Å². The van der Waals surface area contributed by atoms with Crippen molar-refractivity contribution in [3.05, 3.63) is 78.2 Å². The van der Waals surface area contributed by atoms with Crippen LogP contribution in [0.2, 0.25) is 0 Å². The van der Waals surface area contributed by atoms with Crippen LogP contribution in [0.5, 0.6) is 0 Å². The minimum atomic E-state index is 0. The molecule has 0 saturated heterocycles. The molecule has 0 aliphatic heterocycles. The Kier molecular flexibility index (Phi) is 51.8. The first-order chi connectivity index (χ1) is 14.2. The Morgan fingerprint density at radius 3 is 1.27 bits per heavy atom. The van der Waals surface area contributed by atoms with E-state index in [1.807, 2.05) is 30.4 Å². The Labute approximate surface area is 204 Å². The van der Waals surface area contributed by atoms with E-state index < -0.39 is 0 Å². The van der Waals surface area contributed by atoms with Crippen molar-refractivity contribution in [3.63, 3.8) is 0 Å². The van der Waals surface area contributed by atoms with Gasteiger partial charge in [0.2, 0.25) is 0 Å². The fourth-order valence-electron chi connectivity index (χ4n) is 1.86. The maximum Gasteiger partial charge on any atom is 4.00 e. The zero-order valence-corrected chi connectivity index (χ0v) is 21.7. The van der Waals surface area contributed by atoms with E-state index in [2.05, 4.69) is 68.6 Å². The first-order valence-electron chi connectivity index (χ1n) is 11.2. The molecule has 1 aliphatic carbocycles. The SMILES string of the molecule is C=CCCC[N-]CC.C=CCCC[N-]CC.C=CCCC[N-]CC.[C-]1=CC=CC1.[Ti+4]. The van der Waals surface area contributed by atoms with Crippen molar-refractivity contribution in [1.82, 2.24) is 0 Å². The zero-order valence-electron chi connectivity index (χ0n) is 20.1. The molecule has 0 atom stereocenters.